The molecule has 6 heteroatoms. The van der Waals surface area contributed by atoms with Gasteiger partial charge in [0, 0.05) is 19.0 Å². The fourth-order valence-electron chi connectivity index (χ4n) is 3.07. The third kappa shape index (κ3) is 3.47. The summed E-state index contributed by atoms with van der Waals surface area (Å²) in [6.45, 7) is 3.85. The van der Waals surface area contributed by atoms with Crippen LogP contribution in [0.3, 0.4) is 0 Å². The summed E-state index contributed by atoms with van der Waals surface area (Å²) in [5, 5.41) is 0. The molecule has 122 valence electrons. The van der Waals surface area contributed by atoms with E-state index in [0.29, 0.717) is 19.6 Å². The van der Waals surface area contributed by atoms with Crippen LogP contribution in [-0.2, 0) is 4.79 Å². The SMILES string of the molecule is CC(N)CC(=O)N1CCCC1c1ccc2c(c1)OCCO2.Cl. The van der Waals surface area contributed by atoms with Crippen LogP contribution in [0.4, 0.5) is 0 Å². The van der Waals surface area contributed by atoms with E-state index in [1.54, 1.807) is 0 Å². The average molecular weight is 327 g/mol. The summed E-state index contributed by atoms with van der Waals surface area (Å²) in [5.74, 6) is 1.71. The van der Waals surface area contributed by atoms with Crippen molar-refractivity contribution in [3.8, 4) is 11.5 Å². The van der Waals surface area contributed by atoms with Gasteiger partial charge in [-0.25, -0.2) is 0 Å². The van der Waals surface area contributed by atoms with Gasteiger partial charge in [0.25, 0.3) is 0 Å². The molecule has 2 unspecified atom stereocenters. The van der Waals surface area contributed by atoms with Crippen molar-refractivity contribution in [2.45, 2.75) is 38.3 Å². The summed E-state index contributed by atoms with van der Waals surface area (Å²) in [6.07, 6.45) is 2.43. The third-order valence-corrected chi connectivity index (χ3v) is 4.02. The molecular weight excluding hydrogens is 304 g/mol. The Morgan fingerprint density at radius 2 is 2.09 bits per heavy atom. The van der Waals surface area contributed by atoms with Gasteiger partial charge in [0.1, 0.15) is 13.2 Å². The first-order valence-corrected chi connectivity index (χ1v) is 7.60. The van der Waals surface area contributed by atoms with Crippen molar-refractivity contribution in [3.63, 3.8) is 0 Å². The van der Waals surface area contributed by atoms with E-state index in [1.807, 2.05) is 30.0 Å². The Labute approximate surface area is 137 Å². The Morgan fingerprint density at radius 1 is 1.36 bits per heavy atom. The first-order valence-electron chi connectivity index (χ1n) is 7.60. The van der Waals surface area contributed by atoms with Crippen molar-refractivity contribution in [1.29, 1.82) is 0 Å². The van der Waals surface area contributed by atoms with Crippen LogP contribution < -0.4 is 15.2 Å². The molecule has 0 radical (unpaired) electrons. The molecule has 22 heavy (non-hydrogen) atoms. The molecule has 0 saturated carbocycles. The van der Waals surface area contributed by atoms with Crippen molar-refractivity contribution >= 4 is 18.3 Å². The van der Waals surface area contributed by atoms with Crippen LogP contribution in [-0.4, -0.2) is 36.6 Å². The quantitative estimate of drug-likeness (QED) is 0.925. The number of ether oxygens (including phenoxy) is 2. The van der Waals surface area contributed by atoms with Gasteiger partial charge in [0.05, 0.1) is 6.04 Å². The van der Waals surface area contributed by atoms with Crippen molar-refractivity contribution < 1.29 is 14.3 Å². The number of fused-ring (bicyclic) bond motifs is 1. The molecule has 2 aliphatic rings. The normalized spacial score (nSPS) is 21.2. The van der Waals surface area contributed by atoms with Crippen LogP contribution in [0.15, 0.2) is 18.2 Å². The maximum atomic E-state index is 12.3. The molecule has 0 spiro atoms. The molecule has 0 aliphatic carbocycles. The van der Waals surface area contributed by atoms with Crippen LogP contribution in [0, 0.1) is 0 Å². The number of nitrogens with zero attached hydrogens (tertiary/aromatic N) is 1. The predicted octanol–water partition coefficient (Wildman–Crippen LogP) is 2.28. The first kappa shape index (κ1) is 16.9. The van der Waals surface area contributed by atoms with Crippen LogP contribution in [0.5, 0.6) is 11.5 Å². The summed E-state index contributed by atoms with van der Waals surface area (Å²) in [7, 11) is 0. The lowest BCUT2D eigenvalue weighted by molar-refractivity contribution is -0.132. The summed E-state index contributed by atoms with van der Waals surface area (Å²) in [4.78, 5) is 14.3. The largest absolute Gasteiger partial charge is 0.486 e. The van der Waals surface area contributed by atoms with Gasteiger partial charge >= 0.3 is 0 Å². The second kappa shape index (κ2) is 7.20. The lowest BCUT2D eigenvalue weighted by Crippen LogP contribution is -2.34. The average Bonchev–Trinajstić information content (AvgIpc) is 2.95. The van der Waals surface area contributed by atoms with Crippen LogP contribution >= 0.6 is 12.4 Å². The molecule has 0 aromatic heterocycles. The third-order valence-electron chi connectivity index (χ3n) is 4.02. The number of amides is 1. The number of nitrogens with two attached hydrogens (primary N) is 1. The molecule has 2 N–H and O–H groups in total. The van der Waals surface area contributed by atoms with Gasteiger partial charge in [0.2, 0.25) is 5.91 Å². The van der Waals surface area contributed by atoms with E-state index in [1.165, 1.54) is 0 Å². The molecule has 5 nitrogen and oxygen atoms in total. The zero-order chi connectivity index (χ0) is 14.8. The van der Waals surface area contributed by atoms with E-state index in [4.69, 9.17) is 15.2 Å². The Morgan fingerprint density at radius 3 is 2.82 bits per heavy atom. The molecule has 1 saturated heterocycles. The molecule has 1 fully saturated rings. The highest BCUT2D eigenvalue weighted by molar-refractivity contribution is 5.85. The van der Waals surface area contributed by atoms with E-state index < -0.39 is 0 Å². The van der Waals surface area contributed by atoms with Gasteiger partial charge in [-0.2, -0.15) is 0 Å². The molecular formula is C16H23ClN2O3. The number of likely N-dealkylation sites (tertiary alicyclic amines) is 1. The van der Waals surface area contributed by atoms with E-state index >= 15 is 0 Å². The van der Waals surface area contributed by atoms with E-state index in [9.17, 15) is 4.79 Å². The fraction of sp³-hybridized carbons (Fsp3) is 0.562. The second-order valence-corrected chi connectivity index (χ2v) is 5.83. The minimum absolute atomic E-state index is 0. The van der Waals surface area contributed by atoms with Gasteiger partial charge in [-0.1, -0.05) is 6.07 Å². The van der Waals surface area contributed by atoms with Gasteiger partial charge in [-0.05, 0) is 37.5 Å². The fourth-order valence-corrected chi connectivity index (χ4v) is 3.07. The van der Waals surface area contributed by atoms with Crippen molar-refractivity contribution in [1.82, 2.24) is 4.90 Å². The van der Waals surface area contributed by atoms with Crippen molar-refractivity contribution in [2.75, 3.05) is 19.8 Å². The number of carbonyl (C=O) groups is 1. The maximum Gasteiger partial charge on any atom is 0.224 e. The minimum atomic E-state index is -0.0981. The maximum absolute atomic E-state index is 12.3. The standard InChI is InChI=1S/C16H22N2O3.ClH/c1-11(17)9-16(19)18-6-2-3-13(18)12-4-5-14-15(10-12)21-8-7-20-14;/h4-5,10-11,13H,2-3,6-9,17H2,1H3;1H. The van der Waals surface area contributed by atoms with Gasteiger partial charge < -0.3 is 20.1 Å². The summed E-state index contributed by atoms with van der Waals surface area (Å²) in [6, 6.07) is 6.02. The zero-order valence-electron chi connectivity index (χ0n) is 12.8. The molecule has 1 aromatic carbocycles. The number of hydrogen-bond donors (Lipinski definition) is 1. The molecule has 1 aromatic rings. The molecule has 1 amide bonds. The van der Waals surface area contributed by atoms with Crippen LogP contribution in [0.25, 0.3) is 0 Å². The number of rotatable bonds is 3. The van der Waals surface area contributed by atoms with E-state index in [0.717, 1.165) is 36.4 Å². The van der Waals surface area contributed by atoms with Crippen LogP contribution in [0.2, 0.25) is 0 Å². The Kier molecular flexibility index (Phi) is 5.53. The lowest BCUT2D eigenvalue weighted by Gasteiger charge is -2.27. The van der Waals surface area contributed by atoms with Gasteiger partial charge in [-0.15, -0.1) is 12.4 Å². The summed E-state index contributed by atoms with van der Waals surface area (Å²) in [5.41, 5.74) is 6.87. The lowest BCUT2D eigenvalue weighted by atomic mass is 10.0. The van der Waals surface area contributed by atoms with E-state index in [-0.39, 0.29) is 30.4 Å². The Balaban J connectivity index is 0.00000176. The molecule has 2 aliphatic heterocycles. The number of hydrogen-bond acceptors (Lipinski definition) is 4. The Bertz CT molecular complexity index is 536. The monoisotopic (exact) mass is 326 g/mol. The minimum Gasteiger partial charge on any atom is -0.486 e. The Hall–Kier alpha value is -1.46. The van der Waals surface area contributed by atoms with Crippen LogP contribution in [0.1, 0.15) is 37.8 Å². The second-order valence-electron chi connectivity index (χ2n) is 5.83. The molecule has 2 heterocycles. The first-order chi connectivity index (χ1) is 10.1. The predicted molar refractivity (Wildman–Crippen MR) is 86.6 cm³/mol. The number of carbonyl (C=O) groups excluding carboxylic acids is 1. The van der Waals surface area contributed by atoms with Gasteiger partial charge in [-0.3, -0.25) is 4.79 Å². The number of benzene rings is 1. The summed E-state index contributed by atoms with van der Waals surface area (Å²) >= 11 is 0. The van der Waals surface area contributed by atoms with Gasteiger partial charge in [0.15, 0.2) is 11.5 Å². The smallest absolute Gasteiger partial charge is 0.224 e. The topological polar surface area (TPSA) is 64.8 Å². The highest BCUT2D eigenvalue weighted by Gasteiger charge is 2.30. The number of halogens is 1. The van der Waals surface area contributed by atoms with Crippen molar-refractivity contribution in [3.05, 3.63) is 23.8 Å². The molecule has 0 bridgehead atoms. The molecule has 3 rings (SSSR count). The zero-order valence-corrected chi connectivity index (χ0v) is 13.6. The van der Waals surface area contributed by atoms with Crippen molar-refractivity contribution in [2.24, 2.45) is 5.73 Å². The highest BCUT2D eigenvalue weighted by Crippen LogP contribution is 2.38. The molecule has 2 atom stereocenters. The highest BCUT2D eigenvalue weighted by atomic mass is 35.5. The van der Waals surface area contributed by atoms with E-state index in [2.05, 4.69) is 0 Å². The summed E-state index contributed by atoms with van der Waals surface area (Å²) < 4.78 is 11.2.